The number of nitrogens with zero attached hydrogens (tertiary/aromatic N) is 1. The number of urea groups is 1. The molecule has 1 saturated heterocycles. The molecule has 2 aliphatic rings. The summed E-state index contributed by atoms with van der Waals surface area (Å²) in [6.07, 6.45) is 1.37. The van der Waals surface area contributed by atoms with Gasteiger partial charge in [-0.1, -0.05) is 12.1 Å². The first-order valence-electron chi connectivity index (χ1n) is 10.1. The molecule has 1 aromatic carbocycles. The Kier molecular flexibility index (Phi) is 7.40. The third kappa shape index (κ3) is 5.79. The smallest absolute Gasteiger partial charge is 0.337 e. The Morgan fingerprint density at radius 2 is 1.93 bits per heavy atom. The van der Waals surface area contributed by atoms with E-state index in [1.807, 2.05) is 0 Å². The molecule has 162 valence electrons. The molecule has 0 saturated carbocycles. The van der Waals surface area contributed by atoms with Gasteiger partial charge in [0, 0.05) is 24.7 Å². The molecule has 3 rings (SSSR count). The summed E-state index contributed by atoms with van der Waals surface area (Å²) in [5.74, 6) is -0.845. The van der Waals surface area contributed by atoms with Gasteiger partial charge < -0.3 is 20.7 Å². The van der Waals surface area contributed by atoms with Crippen LogP contribution in [0.15, 0.2) is 35.5 Å². The van der Waals surface area contributed by atoms with E-state index in [4.69, 9.17) is 4.74 Å². The Hall–Kier alpha value is -2.94. The number of amides is 3. The number of benzene rings is 1. The van der Waals surface area contributed by atoms with Crippen molar-refractivity contribution in [1.82, 2.24) is 20.9 Å². The minimum Gasteiger partial charge on any atom is -0.463 e. The number of piperidine rings is 1. The van der Waals surface area contributed by atoms with Crippen LogP contribution in [0.3, 0.4) is 0 Å². The number of likely N-dealkylation sites (tertiary alicyclic amines) is 1. The zero-order valence-corrected chi connectivity index (χ0v) is 17.0. The number of carbonyl (C=O) groups is 3. The van der Waals surface area contributed by atoms with E-state index in [9.17, 15) is 18.8 Å². The molecule has 9 heteroatoms. The van der Waals surface area contributed by atoms with E-state index in [-0.39, 0.29) is 36.8 Å². The number of hydrogen-bond acceptors (Lipinski definition) is 5. The molecule has 2 heterocycles. The fourth-order valence-electron chi connectivity index (χ4n) is 3.59. The lowest BCUT2D eigenvalue weighted by molar-refractivity contribution is -0.138. The third-order valence-electron chi connectivity index (χ3n) is 5.30. The minimum atomic E-state index is -0.435. The first-order chi connectivity index (χ1) is 14.5. The molecule has 1 aromatic rings. The summed E-state index contributed by atoms with van der Waals surface area (Å²) >= 11 is 0. The van der Waals surface area contributed by atoms with Gasteiger partial charge in [-0.25, -0.2) is 14.0 Å². The lowest BCUT2D eigenvalue weighted by Crippen LogP contribution is -2.48. The van der Waals surface area contributed by atoms with Crippen LogP contribution in [0.4, 0.5) is 9.18 Å². The predicted octanol–water partition coefficient (Wildman–Crippen LogP) is 1.28. The minimum absolute atomic E-state index is 0.0134. The van der Waals surface area contributed by atoms with Gasteiger partial charge in [0.25, 0.3) is 0 Å². The van der Waals surface area contributed by atoms with Crippen molar-refractivity contribution in [3.8, 4) is 0 Å². The van der Waals surface area contributed by atoms with Crippen molar-refractivity contribution in [3.63, 3.8) is 0 Å². The SMILES string of the molecule is CCOC(=O)C1=C(CN2CCC(C(=O)NCc3ccc(F)cc3)CC2)NC(=O)NC1. The topological polar surface area (TPSA) is 99.8 Å². The second-order valence-corrected chi connectivity index (χ2v) is 7.38. The third-order valence-corrected chi connectivity index (χ3v) is 5.30. The second-order valence-electron chi connectivity index (χ2n) is 7.38. The van der Waals surface area contributed by atoms with Gasteiger partial charge in [-0.15, -0.1) is 0 Å². The molecule has 3 N–H and O–H groups in total. The Labute approximate surface area is 174 Å². The molecule has 3 amide bonds. The second kappa shape index (κ2) is 10.2. The number of rotatable bonds is 7. The van der Waals surface area contributed by atoms with Crippen molar-refractivity contribution in [3.05, 3.63) is 46.9 Å². The number of halogens is 1. The van der Waals surface area contributed by atoms with Crippen molar-refractivity contribution >= 4 is 17.9 Å². The Morgan fingerprint density at radius 1 is 1.23 bits per heavy atom. The Balaban J connectivity index is 1.50. The highest BCUT2D eigenvalue weighted by Crippen LogP contribution is 2.19. The zero-order valence-electron chi connectivity index (χ0n) is 17.0. The summed E-state index contributed by atoms with van der Waals surface area (Å²) in [4.78, 5) is 38.4. The predicted molar refractivity (Wildman–Crippen MR) is 108 cm³/mol. The van der Waals surface area contributed by atoms with E-state index >= 15 is 0 Å². The van der Waals surface area contributed by atoms with Crippen molar-refractivity contribution in [2.24, 2.45) is 5.92 Å². The van der Waals surface area contributed by atoms with Crippen LogP contribution in [-0.2, 0) is 20.9 Å². The van der Waals surface area contributed by atoms with Crippen LogP contribution in [0.1, 0.15) is 25.3 Å². The molecule has 8 nitrogen and oxygen atoms in total. The van der Waals surface area contributed by atoms with Crippen LogP contribution in [0, 0.1) is 11.7 Å². The molecule has 0 spiro atoms. The molecule has 0 aliphatic carbocycles. The maximum absolute atomic E-state index is 13.0. The Bertz CT molecular complexity index is 817. The van der Waals surface area contributed by atoms with E-state index in [2.05, 4.69) is 20.9 Å². The monoisotopic (exact) mass is 418 g/mol. The number of carbonyl (C=O) groups excluding carboxylic acids is 3. The molecule has 0 unspecified atom stereocenters. The van der Waals surface area contributed by atoms with E-state index in [0.717, 1.165) is 5.56 Å². The summed E-state index contributed by atoms with van der Waals surface area (Å²) in [6.45, 7) is 4.29. The van der Waals surface area contributed by atoms with Gasteiger partial charge in [-0.3, -0.25) is 9.69 Å². The average molecular weight is 418 g/mol. The van der Waals surface area contributed by atoms with Crippen molar-refractivity contribution < 1.29 is 23.5 Å². The van der Waals surface area contributed by atoms with E-state index in [1.54, 1.807) is 19.1 Å². The largest absolute Gasteiger partial charge is 0.463 e. The molecule has 0 bridgehead atoms. The van der Waals surface area contributed by atoms with Crippen LogP contribution in [0.2, 0.25) is 0 Å². The summed E-state index contributed by atoms with van der Waals surface area (Å²) in [5, 5.41) is 8.21. The molecule has 2 aliphatic heterocycles. The quantitative estimate of drug-likeness (QED) is 0.580. The highest BCUT2D eigenvalue weighted by Gasteiger charge is 2.28. The van der Waals surface area contributed by atoms with Crippen molar-refractivity contribution in [1.29, 1.82) is 0 Å². The highest BCUT2D eigenvalue weighted by molar-refractivity contribution is 5.93. The standard InChI is InChI=1S/C21H27FN4O4/c1-2-30-20(28)17-12-24-21(29)25-18(17)13-26-9-7-15(8-10-26)19(27)23-11-14-3-5-16(22)6-4-14/h3-6,15H,2,7-13H2,1H3,(H,23,27)(H2,24,25,29). The molecule has 0 atom stereocenters. The lowest BCUT2D eigenvalue weighted by atomic mass is 9.95. The van der Waals surface area contributed by atoms with Crippen molar-refractivity contribution in [2.75, 3.05) is 32.8 Å². The number of hydrogen-bond donors (Lipinski definition) is 3. The fourth-order valence-corrected chi connectivity index (χ4v) is 3.59. The fraction of sp³-hybridized carbons (Fsp3) is 0.476. The van der Waals surface area contributed by atoms with Gasteiger partial charge in [-0.05, 0) is 50.6 Å². The van der Waals surface area contributed by atoms with Gasteiger partial charge in [0.05, 0.1) is 18.7 Å². The zero-order chi connectivity index (χ0) is 21.5. The number of ether oxygens (including phenoxy) is 1. The lowest BCUT2D eigenvalue weighted by Gasteiger charge is -2.33. The summed E-state index contributed by atoms with van der Waals surface area (Å²) < 4.78 is 18.0. The van der Waals surface area contributed by atoms with Crippen LogP contribution in [0.25, 0.3) is 0 Å². The molecule has 1 fully saturated rings. The maximum atomic E-state index is 13.0. The van der Waals surface area contributed by atoms with E-state index in [1.165, 1.54) is 12.1 Å². The maximum Gasteiger partial charge on any atom is 0.337 e. The van der Waals surface area contributed by atoms with Crippen LogP contribution < -0.4 is 16.0 Å². The first-order valence-corrected chi connectivity index (χ1v) is 10.1. The molecule has 0 radical (unpaired) electrons. The number of esters is 1. The normalized spacial score (nSPS) is 17.9. The van der Waals surface area contributed by atoms with Gasteiger partial charge >= 0.3 is 12.0 Å². The summed E-state index contributed by atoms with van der Waals surface area (Å²) in [7, 11) is 0. The van der Waals surface area contributed by atoms with Gasteiger partial charge in [0.15, 0.2) is 0 Å². The van der Waals surface area contributed by atoms with E-state index in [0.29, 0.717) is 50.3 Å². The molecular formula is C21H27FN4O4. The van der Waals surface area contributed by atoms with Crippen LogP contribution in [0.5, 0.6) is 0 Å². The molecule has 30 heavy (non-hydrogen) atoms. The van der Waals surface area contributed by atoms with Crippen LogP contribution >= 0.6 is 0 Å². The van der Waals surface area contributed by atoms with Crippen molar-refractivity contribution in [2.45, 2.75) is 26.3 Å². The number of nitrogens with one attached hydrogen (secondary N) is 3. The average Bonchev–Trinajstić information content (AvgIpc) is 2.74. The van der Waals surface area contributed by atoms with E-state index < -0.39 is 5.97 Å². The Morgan fingerprint density at radius 3 is 2.60 bits per heavy atom. The first kappa shape index (κ1) is 21.8. The highest BCUT2D eigenvalue weighted by atomic mass is 19.1. The molecular weight excluding hydrogens is 391 g/mol. The summed E-state index contributed by atoms with van der Waals surface area (Å²) in [6, 6.07) is 5.71. The van der Waals surface area contributed by atoms with Gasteiger partial charge in [0.2, 0.25) is 5.91 Å². The molecule has 0 aromatic heterocycles. The van der Waals surface area contributed by atoms with Gasteiger partial charge in [0.1, 0.15) is 5.82 Å². The summed E-state index contributed by atoms with van der Waals surface area (Å²) in [5.41, 5.74) is 1.83. The van der Waals surface area contributed by atoms with Gasteiger partial charge in [-0.2, -0.15) is 0 Å². The van der Waals surface area contributed by atoms with Crippen LogP contribution in [-0.4, -0.2) is 55.6 Å².